The predicted octanol–water partition coefficient (Wildman–Crippen LogP) is -1.40. The van der Waals surface area contributed by atoms with Crippen LogP contribution in [0.1, 0.15) is 5.69 Å². The van der Waals surface area contributed by atoms with Gasteiger partial charge in [-0.2, -0.15) is 13.7 Å². The molecule has 3 rings (SSSR count). The molecule has 1 aliphatic heterocycles. The van der Waals surface area contributed by atoms with E-state index in [4.69, 9.17) is 26.7 Å². The van der Waals surface area contributed by atoms with Crippen LogP contribution < -0.4 is 5.73 Å². The monoisotopic (exact) mass is 530 g/mol. The van der Waals surface area contributed by atoms with Crippen LogP contribution in [0.15, 0.2) is 18.5 Å². The number of hydrogen-bond donors (Lipinski definition) is 7. The molecule has 2 aromatic heterocycles. The third-order valence-electron chi connectivity index (χ3n) is 4.35. The number of rotatable bonds is 8. The molecule has 1 aliphatic rings. The van der Waals surface area contributed by atoms with Crippen molar-refractivity contribution in [1.29, 1.82) is 0 Å². The molecule has 2 aromatic rings. The van der Waals surface area contributed by atoms with Crippen LogP contribution in [-0.4, -0.2) is 69.3 Å². The Labute approximate surface area is 184 Å². The van der Waals surface area contributed by atoms with Crippen LogP contribution in [0.4, 0.5) is 5.82 Å². The summed E-state index contributed by atoms with van der Waals surface area (Å²) in [6, 6.07) is 2.85. The van der Waals surface area contributed by atoms with Crippen molar-refractivity contribution in [2.24, 2.45) is 0 Å². The summed E-state index contributed by atoms with van der Waals surface area (Å²) in [7, 11) is -16.8. The van der Waals surface area contributed by atoms with Gasteiger partial charge in [-0.1, -0.05) is 5.92 Å². The molecule has 0 aliphatic carbocycles. The average Bonchev–Trinajstić information content (AvgIpc) is 3.20. The van der Waals surface area contributed by atoms with Gasteiger partial charge in [0.2, 0.25) is 0 Å². The highest BCUT2D eigenvalue weighted by Gasteiger charge is 2.56. The third kappa shape index (κ3) is 5.35. The molecule has 20 heteroatoms. The van der Waals surface area contributed by atoms with Crippen LogP contribution >= 0.6 is 23.5 Å². The summed E-state index contributed by atoms with van der Waals surface area (Å²) in [4.78, 5) is 39.6. The molecule has 0 saturated carbocycles. The van der Waals surface area contributed by atoms with Crippen molar-refractivity contribution in [3.8, 4) is 12.3 Å². The van der Waals surface area contributed by atoms with E-state index in [1.54, 1.807) is 0 Å². The first kappa shape index (κ1) is 25.9. The lowest BCUT2D eigenvalue weighted by atomic mass is 9.92. The van der Waals surface area contributed by atoms with E-state index in [1.807, 2.05) is 0 Å². The zero-order valence-corrected chi connectivity index (χ0v) is 18.7. The largest absolute Gasteiger partial charge is 0.490 e. The van der Waals surface area contributed by atoms with Crippen molar-refractivity contribution in [3.63, 3.8) is 0 Å². The van der Waals surface area contributed by atoms with Gasteiger partial charge in [0, 0.05) is 0 Å². The van der Waals surface area contributed by atoms with Crippen LogP contribution in [0.5, 0.6) is 0 Å². The summed E-state index contributed by atoms with van der Waals surface area (Å²) >= 11 is 0. The summed E-state index contributed by atoms with van der Waals surface area (Å²) in [6.07, 6.45) is 1.45. The zero-order valence-electron chi connectivity index (χ0n) is 16.1. The number of aromatic nitrogens is 3. The van der Waals surface area contributed by atoms with Crippen molar-refractivity contribution in [2.45, 2.75) is 23.9 Å². The molecule has 0 radical (unpaired) electrons. The summed E-state index contributed by atoms with van der Waals surface area (Å²) in [5.74, 6) is 2.27. The maximum atomic E-state index is 11.9. The molecule has 0 bridgehead atoms. The second-order valence-electron chi connectivity index (χ2n) is 6.52. The second kappa shape index (κ2) is 8.81. The van der Waals surface area contributed by atoms with E-state index < -0.39 is 54.0 Å². The van der Waals surface area contributed by atoms with Gasteiger partial charge >= 0.3 is 23.5 Å². The minimum atomic E-state index is -5.74. The fourth-order valence-electron chi connectivity index (χ4n) is 3.06. The number of anilines is 1. The lowest BCUT2D eigenvalue weighted by Gasteiger charge is -2.26. The van der Waals surface area contributed by atoms with E-state index >= 15 is 0 Å². The van der Waals surface area contributed by atoms with Gasteiger partial charge in [0.1, 0.15) is 30.2 Å². The Kier molecular flexibility index (Phi) is 6.91. The normalized spacial score (nSPS) is 29.4. The SMILES string of the molecule is C#C[C@@]1(c2ccc3c(N)ncnn23)O[C@H](COP(=O)(O)OP(=O)(O)OP(=O)(O)O)[C@@H](O)[C@H]1O. The first-order valence-electron chi connectivity index (χ1n) is 8.49. The standard InChI is InChI=1S/C13H17N4O13P3/c1-2-13(9-4-3-7-12(14)15-6-16-17(7)9)11(19)10(18)8(28-13)5-27-32(23,24)30-33(25,26)29-31(20,21)22/h1,3-4,6,8,10-11,18-19H,5H2,(H,23,24)(H,25,26)(H2,14,15,16)(H2,20,21,22)/t8-,10-,11-,13+/m1/s1. The minimum absolute atomic E-state index is 0.0430. The number of hydrogen-bond acceptors (Lipinski definition) is 12. The average molecular weight is 530 g/mol. The molecule has 0 amide bonds. The van der Waals surface area contributed by atoms with Gasteiger partial charge in [0.05, 0.1) is 12.3 Å². The highest BCUT2D eigenvalue weighted by atomic mass is 31.3. The molecule has 6 atom stereocenters. The Bertz CT molecular complexity index is 1240. The van der Waals surface area contributed by atoms with E-state index in [9.17, 15) is 33.7 Å². The minimum Gasteiger partial charge on any atom is -0.387 e. The van der Waals surface area contributed by atoms with Crippen molar-refractivity contribution in [2.75, 3.05) is 12.3 Å². The molecular formula is C13H17N4O13P3. The van der Waals surface area contributed by atoms with E-state index in [-0.39, 0.29) is 11.5 Å². The Morgan fingerprint density at radius 3 is 2.45 bits per heavy atom. The molecule has 2 unspecified atom stereocenters. The number of terminal acetylenes is 1. The van der Waals surface area contributed by atoms with Gasteiger partial charge in [-0.25, -0.2) is 23.2 Å². The Morgan fingerprint density at radius 1 is 1.18 bits per heavy atom. The number of aliphatic hydroxyl groups excluding tert-OH is 2. The van der Waals surface area contributed by atoms with Crippen molar-refractivity contribution in [3.05, 3.63) is 24.2 Å². The predicted molar refractivity (Wildman–Crippen MR) is 105 cm³/mol. The fraction of sp³-hybridized carbons (Fsp3) is 0.385. The number of phosphoric ester groups is 1. The van der Waals surface area contributed by atoms with Gasteiger partial charge in [0.15, 0.2) is 11.4 Å². The Hall–Kier alpha value is -1.73. The van der Waals surface area contributed by atoms with E-state index in [2.05, 4.69) is 29.1 Å². The fourth-order valence-corrected chi connectivity index (χ4v) is 6.09. The van der Waals surface area contributed by atoms with Crippen molar-refractivity contribution in [1.82, 2.24) is 14.6 Å². The molecule has 8 N–H and O–H groups in total. The van der Waals surface area contributed by atoms with Gasteiger partial charge in [-0.15, -0.1) is 6.42 Å². The molecule has 182 valence electrons. The van der Waals surface area contributed by atoms with Crippen molar-refractivity contribution < 1.29 is 61.4 Å². The lowest BCUT2D eigenvalue weighted by Crippen LogP contribution is -2.41. The van der Waals surface area contributed by atoms with Gasteiger partial charge < -0.3 is 40.3 Å². The molecule has 3 heterocycles. The highest BCUT2D eigenvalue weighted by Crippen LogP contribution is 2.66. The zero-order chi connectivity index (χ0) is 24.8. The quantitative estimate of drug-likeness (QED) is 0.153. The van der Waals surface area contributed by atoms with Crippen LogP contribution in [0.3, 0.4) is 0 Å². The van der Waals surface area contributed by atoms with Gasteiger partial charge in [-0.3, -0.25) is 4.52 Å². The topological polar surface area (TPSA) is 266 Å². The lowest BCUT2D eigenvalue weighted by molar-refractivity contribution is -0.0621. The van der Waals surface area contributed by atoms with Gasteiger partial charge in [-0.05, 0) is 12.1 Å². The maximum Gasteiger partial charge on any atom is 0.490 e. The number of fused-ring (bicyclic) bond motifs is 1. The number of aliphatic hydroxyl groups is 2. The summed E-state index contributed by atoms with van der Waals surface area (Å²) in [5, 5.41) is 24.9. The highest BCUT2D eigenvalue weighted by molar-refractivity contribution is 7.66. The van der Waals surface area contributed by atoms with Crippen LogP contribution in [0.2, 0.25) is 0 Å². The van der Waals surface area contributed by atoms with E-state index in [1.165, 1.54) is 16.6 Å². The molecule has 0 spiro atoms. The molecule has 1 fully saturated rings. The van der Waals surface area contributed by atoms with E-state index in [0.29, 0.717) is 5.52 Å². The molecule has 33 heavy (non-hydrogen) atoms. The summed E-state index contributed by atoms with van der Waals surface area (Å²) < 4.78 is 52.4. The molecule has 17 nitrogen and oxygen atoms in total. The Balaban J connectivity index is 1.80. The molecule has 0 aromatic carbocycles. The van der Waals surface area contributed by atoms with Crippen LogP contribution in [-0.2, 0) is 37.2 Å². The number of nitrogen functional groups attached to an aromatic ring is 1. The summed E-state index contributed by atoms with van der Waals surface area (Å²) in [6.45, 7) is -1.04. The number of nitrogens with zero attached hydrogens (tertiary/aromatic N) is 3. The summed E-state index contributed by atoms with van der Waals surface area (Å²) in [5.41, 5.74) is 4.05. The van der Waals surface area contributed by atoms with E-state index in [0.717, 1.165) is 6.33 Å². The third-order valence-corrected chi connectivity index (χ3v) is 8.16. The van der Waals surface area contributed by atoms with Crippen molar-refractivity contribution >= 4 is 34.8 Å². The van der Waals surface area contributed by atoms with Crippen LogP contribution in [0.25, 0.3) is 5.52 Å². The molecular weight excluding hydrogens is 513 g/mol. The first-order valence-corrected chi connectivity index (χ1v) is 13.0. The maximum absolute atomic E-state index is 11.9. The smallest absolute Gasteiger partial charge is 0.387 e. The number of phosphoric acid groups is 3. The Morgan fingerprint density at radius 2 is 1.85 bits per heavy atom. The van der Waals surface area contributed by atoms with Crippen LogP contribution in [0, 0.1) is 12.3 Å². The number of ether oxygens (including phenoxy) is 1. The first-order chi connectivity index (χ1) is 15.1. The number of nitrogens with two attached hydrogens (primary N) is 1. The molecule has 1 saturated heterocycles. The van der Waals surface area contributed by atoms with Gasteiger partial charge in [0.25, 0.3) is 0 Å². The second-order valence-corrected chi connectivity index (χ2v) is 10.9.